The zero-order chi connectivity index (χ0) is 13.2. The molecule has 1 rings (SSSR count). The van der Waals surface area contributed by atoms with Crippen LogP contribution in [0.2, 0.25) is 5.02 Å². The second kappa shape index (κ2) is 5.04. The Labute approximate surface area is 103 Å². The maximum absolute atomic E-state index is 12.5. The minimum Gasteiger partial charge on any atom is -0.397 e. The summed E-state index contributed by atoms with van der Waals surface area (Å²) < 4.78 is 37.4. The Morgan fingerprint density at radius 3 is 2.41 bits per heavy atom. The lowest BCUT2D eigenvalue weighted by Gasteiger charge is -2.31. The number of nitrogens with zero attached hydrogens (tertiary/aromatic N) is 1. The number of hydrogen-bond donors (Lipinski definition) is 1. The van der Waals surface area contributed by atoms with Crippen molar-refractivity contribution >= 4 is 23.0 Å². The number of nitrogen functional groups attached to an aromatic ring is 1. The maximum atomic E-state index is 12.5. The topological polar surface area (TPSA) is 29.3 Å². The molecular weight excluding hydrogens is 253 g/mol. The average Bonchev–Trinajstić information content (AvgIpc) is 2.17. The molecule has 96 valence electrons. The Kier molecular flexibility index (Phi) is 4.14. The van der Waals surface area contributed by atoms with Gasteiger partial charge in [-0.1, -0.05) is 11.6 Å². The van der Waals surface area contributed by atoms with Gasteiger partial charge in [0.1, 0.15) is 6.54 Å². The van der Waals surface area contributed by atoms with Crippen molar-refractivity contribution in [3.8, 4) is 0 Å². The van der Waals surface area contributed by atoms with E-state index in [9.17, 15) is 13.2 Å². The van der Waals surface area contributed by atoms with Crippen molar-refractivity contribution in [2.45, 2.75) is 26.1 Å². The van der Waals surface area contributed by atoms with Gasteiger partial charge < -0.3 is 10.6 Å². The third-order valence-electron chi connectivity index (χ3n) is 2.27. The molecule has 0 aromatic heterocycles. The molecule has 6 heteroatoms. The summed E-state index contributed by atoms with van der Waals surface area (Å²) in [7, 11) is 0. The fourth-order valence-electron chi connectivity index (χ4n) is 1.50. The van der Waals surface area contributed by atoms with Crippen LogP contribution in [-0.2, 0) is 0 Å². The summed E-state index contributed by atoms with van der Waals surface area (Å²) in [5, 5.41) is 0.363. The van der Waals surface area contributed by atoms with E-state index in [-0.39, 0.29) is 11.7 Å². The monoisotopic (exact) mass is 266 g/mol. The van der Waals surface area contributed by atoms with Crippen molar-refractivity contribution in [1.29, 1.82) is 0 Å². The van der Waals surface area contributed by atoms with Gasteiger partial charge in [-0.15, -0.1) is 0 Å². The van der Waals surface area contributed by atoms with Crippen LogP contribution in [0.15, 0.2) is 18.2 Å². The van der Waals surface area contributed by atoms with Crippen LogP contribution in [0, 0.1) is 0 Å². The van der Waals surface area contributed by atoms with Crippen molar-refractivity contribution < 1.29 is 13.2 Å². The number of anilines is 2. The van der Waals surface area contributed by atoms with Crippen LogP contribution in [0.25, 0.3) is 0 Å². The van der Waals surface area contributed by atoms with Crippen molar-refractivity contribution in [3.05, 3.63) is 23.2 Å². The van der Waals surface area contributed by atoms with Crippen molar-refractivity contribution in [2.24, 2.45) is 0 Å². The van der Waals surface area contributed by atoms with E-state index in [1.807, 2.05) is 0 Å². The largest absolute Gasteiger partial charge is 0.405 e. The van der Waals surface area contributed by atoms with Crippen LogP contribution in [0.3, 0.4) is 0 Å². The molecular formula is C11H14ClF3N2. The number of alkyl halides is 3. The van der Waals surface area contributed by atoms with Crippen LogP contribution in [-0.4, -0.2) is 18.8 Å². The first-order valence-corrected chi connectivity index (χ1v) is 5.47. The SMILES string of the molecule is CC(C)N(CC(F)(F)F)c1cc(Cl)ccc1N. The number of benzene rings is 1. The summed E-state index contributed by atoms with van der Waals surface area (Å²) in [6.45, 7) is 2.30. The zero-order valence-electron chi connectivity index (χ0n) is 9.55. The second-order valence-corrected chi connectivity index (χ2v) is 4.48. The van der Waals surface area contributed by atoms with Crippen LogP contribution in [0.4, 0.5) is 24.5 Å². The number of nitrogens with two attached hydrogens (primary N) is 1. The maximum Gasteiger partial charge on any atom is 0.405 e. The molecule has 0 fully saturated rings. The summed E-state index contributed by atoms with van der Waals surface area (Å²) >= 11 is 5.77. The molecule has 0 heterocycles. The van der Waals surface area contributed by atoms with E-state index in [1.165, 1.54) is 17.0 Å². The molecule has 0 saturated carbocycles. The number of halogens is 4. The van der Waals surface area contributed by atoms with Gasteiger partial charge in [0, 0.05) is 11.1 Å². The first kappa shape index (κ1) is 14.0. The highest BCUT2D eigenvalue weighted by atomic mass is 35.5. The standard InChI is InChI=1S/C11H14ClF3N2/c1-7(2)17(6-11(13,14)15)10-5-8(12)3-4-9(10)16/h3-5,7H,6,16H2,1-2H3. The Bertz CT molecular complexity index is 391. The van der Waals surface area contributed by atoms with E-state index in [0.717, 1.165) is 0 Å². The van der Waals surface area contributed by atoms with Crippen LogP contribution >= 0.6 is 11.6 Å². The highest BCUT2D eigenvalue weighted by Gasteiger charge is 2.32. The summed E-state index contributed by atoms with van der Waals surface area (Å²) in [4.78, 5) is 1.18. The molecule has 2 N–H and O–H groups in total. The Morgan fingerprint density at radius 2 is 1.94 bits per heavy atom. The Morgan fingerprint density at radius 1 is 1.35 bits per heavy atom. The summed E-state index contributed by atoms with van der Waals surface area (Å²) in [6, 6.07) is 4.18. The van der Waals surface area contributed by atoms with Gasteiger partial charge in [0.2, 0.25) is 0 Å². The van der Waals surface area contributed by atoms with E-state index >= 15 is 0 Å². The van der Waals surface area contributed by atoms with E-state index in [4.69, 9.17) is 17.3 Å². The van der Waals surface area contributed by atoms with Gasteiger partial charge in [0.05, 0.1) is 11.4 Å². The van der Waals surface area contributed by atoms with Gasteiger partial charge in [0.25, 0.3) is 0 Å². The first-order chi connectivity index (χ1) is 7.70. The molecule has 1 aromatic carbocycles. The van der Waals surface area contributed by atoms with Crippen LogP contribution < -0.4 is 10.6 Å². The molecule has 0 amide bonds. The fraction of sp³-hybridized carbons (Fsp3) is 0.455. The van der Waals surface area contributed by atoms with Gasteiger partial charge in [0.15, 0.2) is 0 Å². The Balaban J connectivity index is 3.10. The second-order valence-electron chi connectivity index (χ2n) is 4.04. The lowest BCUT2D eigenvalue weighted by atomic mass is 10.2. The lowest BCUT2D eigenvalue weighted by molar-refractivity contribution is -0.120. The minimum atomic E-state index is -4.28. The van der Waals surface area contributed by atoms with Crippen molar-refractivity contribution in [1.82, 2.24) is 0 Å². The van der Waals surface area contributed by atoms with Crippen LogP contribution in [0.1, 0.15) is 13.8 Å². The summed E-state index contributed by atoms with van der Waals surface area (Å²) in [5.41, 5.74) is 6.27. The first-order valence-electron chi connectivity index (χ1n) is 5.09. The molecule has 0 atom stereocenters. The molecule has 0 spiro atoms. The predicted molar refractivity (Wildman–Crippen MR) is 64.4 cm³/mol. The van der Waals surface area contributed by atoms with Crippen molar-refractivity contribution in [3.63, 3.8) is 0 Å². The van der Waals surface area contributed by atoms with Crippen molar-refractivity contribution in [2.75, 3.05) is 17.2 Å². The zero-order valence-corrected chi connectivity index (χ0v) is 10.3. The number of rotatable bonds is 3. The highest BCUT2D eigenvalue weighted by molar-refractivity contribution is 6.31. The van der Waals surface area contributed by atoms with Gasteiger partial charge in [-0.25, -0.2) is 0 Å². The normalized spacial score (nSPS) is 11.9. The lowest BCUT2D eigenvalue weighted by Crippen LogP contribution is -2.39. The molecule has 1 aromatic rings. The molecule has 0 aliphatic carbocycles. The summed E-state index contributed by atoms with van der Waals surface area (Å²) in [5.74, 6) is 0. The quantitative estimate of drug-likeness (QED) is 0.846. The smallest absolute Gasteiger partial charge is 0.397 e. The van der Waals surface area contributed by atoms with E-state index < -0.39 is 12.7 Å². The molecule has 2 nitrogen and oxygen atoms in total. The molecule has 0 unspecified atom stereocenters. The molecule has 17 heavy (non-hydrogen) atoms. The molecule has 0 aliphatic heterocycles. The van der Waals surface area contributed by atoms with E-state index in [0.29, 0.717) is 10.7 Å². The van der Waals surface area contributed by atoms with Gasteiger partial charge in [-0.05, 0) is 32.0 Å². The summed E-state index contributed by atoms with van der Waals surface area (Å²) in [6.07, 6.45) is -4.28. The fourth-order valence-corrected chi connectivity index (χ4v) is 1.67. The predicted octanol–water partition coefficient (Wildman–Crippen LogP) is 3.70. The molecule has 0 radical (unpaired) electrons. The van der Waals surface area contributed by atoms with Gasteiger partial charge in [-0.3, -0.25) is 0 Å². The van der Waals surface area contributed by atoms with E-state index in [1.54, 1.807) is 19.9 Å². The van der Waals surface area contributed by atoms with E-state index in [2.05, 4.69) is 0 Å². The molecule has 0 saturated heterocycles. The Hall–Kier alpha value is -1.10. The number of hydrogen-bond acceptors (Lipinski definition) is 2. The molecule has 0 bridgehead atoms. The highest BCUT2D eigenvalue weighted by Crippen LogP contribution is 2.31. The average molecular weight is 267 g/mol. The minimum absolute atomic E-state index is 0.285. The van der Waals surface area contributed by atoms with Gasteiger partial charge in [-0.2, -0.15) is 13.2 Å². The molecule has 0 aliphatic rings. The van der Waals surface area contributed by atoms with Gasteiger partial charge >= 0.3 is 6.18 Å². The van der Waals surface area contributed by atoms with Crippen LogP contribution in [0.5, 0.6) is 0 Å². The third kappa shape index (κ3) is 4.00. The third-order valence-corrected chi connectivity index (χ3v) is 2.51.